The number of nitro benzene ring substituents is 1. The Kier molecular flexibility index (Phi) is 5.57. The molecule has 0 radical (unpaired) electrons. The molecule has 0 saturated carbocycles. The smallest absolute Gasteiger partial charge is 0.295 e. The second-order valence-electron chi connectivity index (χ2n) is 4.39. The van der Waals surface area contributed by atoms with Crippen molar-refractivity contribution in [3.05, 3.63) is 33.9 Å². The molecule has 0 fully saturated rings. The standard InChI is InChI=1S/C13H17F2N3O3/c1-4-17(5-2)13(19)8(3)16-12-10(18(20)21)7-6-9(14)11(12)15/h6-8,16H,4-5H2,1-3H3. The fourth-order valence-electron chi connectivity index (χ4n) is 1.92. The number of nitro groups is 1. The Labute approximate surface area is 120 Å². The average Bonchev–Trinajstić information content (AvgIpc) is 2.44. The van der Waals surface area contributed by atoms with Gasteiger partial charge in [0.15, 0.2) is 17.3 Å². The third-order valence-electron chi connectivity index (χ3n) is 3.08. The predicted molar refractivity (Wildman–Crippen MR) is 74.0 cm³/mol. The van der Waals surface area contributed by atoms with Gasteiger partial charge in [-0.1, -0.05) is 0 Å². The van der Waals surface area contributed by atoms with E-state index in [-0.39, 0.29) is 5.91 Å². The number of halogens is 2. The number of anilines is 1. The Hall–Kier alpha value is -2.25. The van der Waals surface area contributed by atoms with E-state index in [9.17, 15) is 23.7 Å². The number of carbonyl (C=O) groups is 1. The van der Waals surface area contributed by atoms with Crippen LogP contribution < -0.4 is 5.32 Å². The second-order valence-corrected chi connectivity index (χ2v) is 4.39. The molecule has 0 bridgehead atoms. The highest BCUT2D eigenvalue weighted by Gasteiger charge is 2.26. The largest absolute Gasteiger partial charge is 0.366 e. The van der Waals surface area contributed by atoms with E-state index in [0.29, 0.717) is 19.2 Å². The lowest BCUT2D eigenvalue weighted by Gasteiger charge is -2.24. The van der Waals surface area contributed by atoms with Crippen molar-refractivity contribution in [3.8, 4) is 0 Å². The van der Waals surface area contributed by atoms with Crippen LogP contribution in [0.3, 0.4) is 0 Å². The lowest BCUT2D eigenvalue weighted by Crippen LogP contribution is -2.41. The fraction of sp³-hybridized carbons (Fsp3) is 0.462. The highest BCUT2D eigenvalue weighted by molar-refractivity contribution is 5.85. The normalized spacial score (nSPS) is 11.9. The Balaban J connectivity index is 3.09. The molecule has 1 N–H and O–H groups in total. The van der Waals surface area contributed by atoms with Gasteiger partial charge in [-0.2, -0.15) is 0 Å². The van der Waals surface area contributed by atoms with Crippen LogP contribution in [-0.2, 0) is 4.79 Å². The molecule has 0 aliphatic heterocycles. The van der Waals surface area contributed by atoms with E-state index in [2.05, 4.69) is 5.32 Å². The van der Waals surface area contributed by atoms with Crippen molar-refractivity contribution in [1.82, 2.24) is 4.90 Å². The number of likely N-dealkylation sites (N-methyl/N-ethyl adjacent to an activating group) is 1. The number of rotatable bonds is 6. The maximum absolute atomic E-state index is 13.7. The first-order valence-electron chi connectivity index (χ1n) is 6.51. The summed E-state index contributed by atoms with van der Waals surface area (Å²) < 4.78 is 27.0. The van der Waals surface area contributed by atoms with E-state index >= 15 is 0 Å². The Morgan fingerprint density at radius 3 is 2.43 bits per heavy atom. The van der Waals surface area contributed by atoms with Gasteiger partial charge in [-0.25, -0.2) is 8.78 Å². The third-order valence-corrected chi connectivity index (χ3v) is 3.08. The van der Waals surface area contributed by atoms with E-state index < -0.39 is 34.0 Å². The number of carbonyl (C=O) groups excluding carboxylic acids is 1. The van der Waals surface area contributed by atoms with Crippen LogP contribution in [0.4, 0.5) is 20.2 Å². The second kappa shape index (κ2) is 6.96. The maximum atomic E-state index is 13.7. The molecule has 1 rings (SSSR count). The third kappa shape index (κ3) is 3.65. The molecule has 1 atom stereocenters. The molecule has 6 nitrogen and oxygen atoms in total. The first-order valence-corrected chi connectivity index (χ1v) is 6.51. The molecule has 0 aliphatic rings. The van der Waals surface area contributed by atoms with Crippen molar-refractivity contribution in [2.24, 2.45) is 0 Å². The molecule has 21 heavy (non-hydrogen) atoms. The van der Waals surface area contributed by atoms with Gasteiger partial charge >= 0.3 is 0 Å². The summed E-state index contributed by atoms with van der Waals surface area (Å²) in [6.07, 6.45) is 0. The van der Waals surface area contributed by atoms with Gasteiger partial charge in [0, 0.05) is 19.2 Å². The van der Waals surface area contributed by atoms with E-state index in [0.717, 1.165) is 6.07 Å². The summed E-state index contributed by atoms with van der Waals surface area (Å²) in [5, 5.41) is 13.3. The predicted octanol–water partition coefficient (Wildman–Crippen LogP) is 2.54. The number of hydrogen-bond donors (Lipinski definition) is 1. The van der Waals surface area contributed by atoms with Crippen LogP contribution in [0.2, 0.25) is 0 Å². The molecule has 0 aliphatic carbocycles. The molecule has 0 heterocycles. The highest BCUT2D eigenvalue weighted by Crippen LogP contribution is 2.29. The van der Waals surface area contributed by atoms with Crippen molar-refractivity contribution < 1.29 is 18.5 Å². The summed E-state index contributed by atoms with van der Waals surface area (Å²) in [7, 11) is 0. The number of benzene rings is 1. The van der Waals surface area contributed by atoms with Crippen molar-refractivity contribution in [3.63, 3.8) is 0 Å². The zero-order valence-electron chi connectivity index (χ0n) is 12.0. The fourth-order valence-corrected chi connectivity index (χ4v) is 1.92. The average molecular weight is 301 g/mol. The molecule has 8 heteroatoms. The van der Waals surface area contributed by atoms with E-state index in [4.69, 9.17) is 0 Å². The molecule has 1 unspecified atom stereocenters. The minimum atomic E-state index is -1.37. The van der Waals surface area contributed by atoms with Crippen LogP contribution in [-0.4, -0.2) is 34.9 Å². The summed E-state index contributed by atoms with van der Waals surface area (Å²) in [6.45, 7) is 5.90. The highest BCUT2D eigenvalue weighted by atomic mass is 19.2. The Bertz CT molecular complexity index is 548. The van der Waals surface area contributed by atoms with Gasteiger partial charge in [-0.3, -0.25) is 14.9 Å². The van der Waals surface area contributed by atoms with Crippen LogP contribution in [0.25, 0.3) is 0 Å². The first kappa shape index (κ1) is 16.8. The quantitative estimate of drug-likeness (QED) is 0.647. The van der Waals surface area contributed by atoms with Gasteiger partial charge in [0.2, 0.25) is 5.91 Å². The summed E-state index contributed by atoms with van der Waals surface area (Å²) in [5.41, 5.74) is -1.24. The minimum absolute atomic E-state index is 0.349. The number of amides is 1. The van der Waals surface area contributed by atoms with E-state index in [1.54, 1.807) is 13.8 Å². The van der Waals surface area contributed by atoms with Crippen LogP contribution >= 0.6 is 0 Å². The molecule has 1 aromatic carbocycles. The zero-order valence-corrected chi connectivity index (χ0v) is 12.0. The topological polar surface area (TPSA) is 75.5 Å². The number of nitrogens with zero attached hydrogens (tertiary/aromatic N) is 2. The zero-order chi connectivity index (χ0) is 16.2. The van der Waals surface area contributed by atoms with Crippen molar-refractivity contribution in [2.45, 2.75) is 26.8 Å². The van der Waals surface area contributed by atoms with Gasteiger partial charge in [-0.15, -0.1) is 0 Å². The van der Waals surface area contributed by atoms with E-state index in [1.165, 1.54) is 11.8 Å². The first-order chi connectivity index (χ1) is 9.83. The molecule has 0 aromatic heterocycles. The Morgan fingerprint density at radius 1 is 1.38 bits per heavy atom. The Morgan fingerprint density at radius 2 is 1.95 bits per heavy atom. The maximum Gasteiger partial charge on any atom is 0.295 e. The minimum Gasteiger partial charge on any atom is -0.366 e. The molecular formula is C13H17F2N3O3. The van der Waals surface area contributed by atoms with Crippen LogP contribution in [0.5, 0.6) is 0 Å². The van der Waals surface area contributed by atoms with Crippen LogP contribution in [0.1, 0.15) is 20.8 Å². The molecule has 0 spiro atoms. The number of hydrogen-bond acceptors (Lipinski definition) is 4. The molecule has 1 aromatic rings. The van der Waals surface area contributed by atoms with Crippen molar-refractivity contribution in [1.29, 1.82) is 0 Å². The van der Waals surface area contributed by atoms with Gasteiger partial charge in [0.25, 0.3) is 5.69 Å². The van der Waals surface area contributed by atoms with Gasteiger partial charge < -0.3 is 10.2 Å². The molecule has 0 saturated heterocycles. The number of nitrogens with one attached hydrogen (secondary N) is 1. The van der Waals surface area contributed by atoms with Crippen LogP contribution in [0.15, 0.2) is 12.1 Å². The summed E-state index contributed by atoms with van der Waals surface area (Å²) in [5.74, 6) is -2.94. The van der Waals surface area contributed by atoms with Crippen molar-refractivity contribution >= 4 is 17.3 Å². The van der Waals surface area contributed by atoms with Gasteiger partial charge in [0.1, 0.15) is 6.04 Å². The molecule has 116 valence electrons. The van der Waals surface area contributed by atoms with E-state index in [1.807, 2.05) is 0 Å². The van der Waals surface area contributed by atoms with Gasteiger partial charge in [-0.05, 0) is 26.8 Å². The summed E-state index contributed by atoms with van der Waals surface area (Å²) >= 11 is 0. The van der Waals surface area contributed by atoms with Crippen molar-refractivity contribution in [2.75, 3.05) is 18.4 Å². The monoisotopic (exact) mass is 301 g/mol. The summed E-state index contributed by atoms with van der Waals surface area (Å²) in [4.78, 5) is 23.6. The molecular weight excluding hydrogens is 284 g/mol. The summed E-state index contributed by atoms with van der Waals surface area (Å²) in [6, 6.07) is 0.616. The SMILES string of the molecule is CCN(CC)C(=O)C(C)Nc1c([N+](=O)[O-])ccc(F)c1F. The lowest BCUT2D eigenvalue weighted by atomic mass is 10.2. The van der Waals surface area contributed by atoms with Crippen LogP contribution in [0, 0.1) is 21.7 Å². The van der Waals surface area contributed by atoms with Gasteiger partial charge in [0.05, 0.1) is 4.92 Å². The molecule has 1 amide bonds. The lowest BCUT2D eigenvalue weighted by molar-refractivity contribution is -0.384.